The Kier molecular flexibility index (Phi) is 3.97. The lowest BCUT2D eigenvalue weighted by Crippen LogP contribution is -1.99. The van der Waals surface area contributed by atoms with Gasteiger partial charge in [-0.05, 0) is 30.9 Å². The number of hydrogen-bond donors (Lipinski definition) is 1. The SMILES string of the molecule is CC(CCCO)c1cc(Cl)c2ccccc2n1. The Balaban J connectivity index is 2.36. The van der Waals surface area contributed by atoms with Crippen LogP contribution in [-0.4, -0.2) is 16.7 Å². The molecule has 1 aromatic carbocycles. The van der Waals surface area contributed by atoms with Crippen LogP contribution in [0.25, 0.3) is 10.9 Å². The molecule has 0 aliphatic rings. The molecule has 1 heterocycles. The molecule has 1 unspecified atom stereocenters. The molecule has 1 N–H and O–H groups in total. The van der Waals surface area contributed by atoms with Gasteiger partial charge in [-0.25, -0.2) is 0 Å². The summed E-state index contributed by atoms with van der Waals surface area (Å²) in [6, 6.07) is 9.82. The highest BCUT2D eigenvalue weighted by Crippen LogP contribution is 2.27. The zero-order valence-electron chi connectivity index (χ0n) is 9.86. The van der Waals surface area contributed by atoms with Crippen molar-refractivity contribution in [2.24, 2.45) is 0 Å². The second-order valence-electron chi connectivity index (χ2n) is 4.31. The lowest BCUT2D eigenvalue weighted by atomic mass is 10.0. The first kappa shape index (κ1) is 12.3. The minimum absolute atomic E-state index is 0.228. The third kappa shape index (κ3) is 2.76. The Labute approximate surface area is 106 Å². The number of halogens is 1. The zero-order valence-corrected chi connectivity index (χ0v) is 10.6. The summed E-state index contributed by atoms with van der Waals surface area (Å²) in [7, 11) is 0. The summed E-state index contributed by atoms with van der Waals surface area (Å²) < 4.78 is 0. The fourth-order valence-corrected chi connectivity index (χ4v) is 2.22. The molecule has 0 radical (unpaired) electrons. The Morgan fingerprint density at radius 1 is 1.35 bits per heavy atom. The van der Waals surface area contributed by atoms with Crippen LogP contribution in [0.2, 0.25) is 5.02 Å². The maximum Gasteiger partial charge on any atom is 0.0720 e. The molecule has 90 valence electrons. The van der Waals surface area contributed by atoms with Crippen molar-refractivity contribution in [3.05, 3.63) is 41.0 Å². The van der Waals surface area contributed by atoms with Crippen LogP contribution >= 0.6 is 11.6 Å². The number of nitrogens with zero attached hydrogens (tertiary/aromatic N) is 1. The van der Waals surface area contributed by atoms with Crippen LogP contribution in [0.15, 0.2) is 30.3 Å². The van der Waals surface area contributed by atoms with Gasteiger partial charge in [-0.3, -0.25) is 4.98 Å². The van der Waals surface area contributed by atoms with E-state index in [-0.39, 0.29) is 6.61 Å². The van der Waals surface area contributed by atoms with Crippen molar-refractivity contribution < 1.29 is 5.11 Å². The molecule has 1 atom stereocenters. The molecule has 2 nitrogen and oxygen atoms in total. The molecule has 0 aliphatic heterocycles. The van der Waals surface area contributed by atoms with E-state index in [2.05, 4.69) is 11.9 Å². The smallest absolute Gasteiger partial charge is 0.0720 e. The lowest BCUT2D eigenvalue weighted by Gasteiger charge is -2.12. The van der Waals surface area contributed by atoms with Gasteiger partial charge in [-0.15, -0.1) is 0 Å². The number of aliphatic hydroxyl groups excluding tert-OH is 1. The summed E-state index contributed by atoms with van der Waals surface area (Å²) in [5.41, 5.74) is 1.94. The van der Waals surface area contributed by atoms with Crippen molar-refractivity contribution >= 4 is 22.5 Å². The van der Waals surface area contributed by atoms with Crippen molar-refractivity contribution in [3.63, 3.8) is 0 Å². The number of para-hydroxylation sites is 1. The molecule has 0 spiro atoms. The summed E-state index contributed by atoms with van der Waals surface area (Å²) in [6.45, 7) is 2.34. The van der Waals surface area contributed by atoms with E-state index in [0.29, 0.717) is 5.92 Å². The predicted molar refractivity (Wildman–Crippen MR) is 71.5 cm³/mol. The maximum absolute atomic E-state index is 8.84. The highest BCUT2D eigenvalue weighted by atomic mass is 35.5. The van der Waals surface area contributed by atoms with E-state index in [1.807, 2.05) is 30.3 Å². The van der Waals surface area contributed by atoms with Crippen molar-refractivity contribution in [1.82, 2.24) is 4.98 Å². The fraction of sp³-hybridized carbons (Fsp3) is 0.357. The first-order valence-corrected chi connectivity index (χ1v) is 6.26. The van der Waals surface area contributed by atoms with Gasteiger partial charge < -0.3 is 5.11 Å². The van der Waals surface area contributed by atoms with E-state index in [1.165, 1.54) is 0 Å². The summed E-state index contributed by atoms with van der Waals surface area (Å²) in [4.78, 5) is 4.62. The van der Waals surface area contributed by atoms with Crippen LogP contribution in [0.4, 0.5) is 0 Å². The van der Waals surface area contributed by atoms with Crippen molar-refractivity contribution in [3.8, 4) is 0 Å². The second kappa shape index (κ2) is 5.48. The number of aliphatic hydroxyl groups is 1. The molecule has 0 bridgehead atoms. The van der Waals surface area contributed by atoms with E-state index in [9.17, 15) is 0 Å². The number of rotatable bonds is 4. The zero-order chi connectivity index (χ0) is 12.3. The van der Waals surface area contributed by atoms with Crippen LogP contribution in [0.5, 0.6) is 0 Å². The summed E-state index contributed by atoms with van der Waals surface area (Å²) in [5, 5.41) is 10.6. The summed E-state index contributed by atoms with van der Waals surface area (Å²) in [6.07, 6.45) is 1.73. The van der Waals surface area contributed by atoms with Crippen molar-refractivity contribution in [2.75, 3.05) is 6.61 Å². The van der Waals surface area contributed by atoms with Gasteiger partial charge in [0.05, 0.1) is 10.5 Å². The Hall–Kier alpha value is -1.12. The molecule has 0 saturated heterocycles. The summed E-state index contributed by atoms with van der Waals surface area (Å²) >= 11 is 6.25. The largest absolute Gasteiger partial charge is 0.396 e. The number of hydrogen-bond acceptors (Lipinski definition) is 2. The van der Waals surface area contributed by atoms with Gasteiger partial charge in [-0.1, -0.05) is 36.7 Å². The molecule has 1 aromatic heterocycles. The van der Waals surface area contributed by atoms with E-state index in [4.69, 9.17) is 16.7 Å². The molecule has 17 heavy (non-hydrogen) atoms. The summed E-state index contributed by atoms with van der Waals surface area (Å²) in [5.74, 6) is 0.323. The topological polar surface area (TPSA) is 33.1 Å². The van der Waals surface area contributed by atoms with Gasteiger partial charge in [0.1, 0.15) is 0 Å². The quantitative estimate of drug-likeness (QED) is 0.895. The van der Waals surface area contributed by atoms with Crippen LogP contribution in [0, 0.1) is 0 Å². The predicted octanol–water partition coefficient (Wildman–Crippen LogP) is 3.76. The van der Waals surface area contributed by atoms with Crippen LogP contribution in [0.1, 0.15) is 31.4 Å². The average molecular weight is 250 g/mol. The Morgan fingerprint density at radius 3 is 2.88 bits per heavy atom. The van der Waals surface area contributed by atoms with Gasteiger partial charge >= 0.3 is 0 Å². The number of aromatic nitrogens is 1. The van der Waals surface area contributed by atoms with Gasteiger partial charge in [0.15, 0.2) is 0 Å². The Bertz CT molecular complexity index is 513. The molecule has 0 saturated carbocycles. The van der Waals surface area contributed by atoms with Crippen LogP contribution < -0.4 is 0 Å². The van der Waals surface area contributed by atoms with Crippen LogP contribution in [0.3, 0.4) is 0 Å². The molecule has 3 heteroatoms. The monoisotopic (exact) mass is 249 g/mol. The third-order valence-electron chi connectivity index (χ3n) is 2.99. The lowest BCUT2D eigenvalue weighted by molar-refractivity contribution is 0.280. The van der Waals surface area contributed by atoms with Gasteiger partial charge in [0.25, 0.3) is 0 Å². The van der Waals surface area contributed by atoms with Crippen molar-refractivity contribution in [1.29, 1.82) is 0 Å². The first-order chi connectivity index (χ1) is 8.22. The number of pyridine rings is 1. The highest BCUT2D eigenvalue weighted by Gasteiger charge is 2.10. The van der Waals surface area contributed by atoms with Gasteiger partial charge in [0.2, 0.25) is 0 Å². The molecule has 0 amide bonds. The Morgan fingerprint density at radius 2 is 2.12 bits per heavy atom. The van der Waals surface area contributed by atoms with Crippen molar-refractivity contribution in [2.45, 2.75) is 25.7 Å². The van der Waals surface area contributed by atoms with E-state index in [0.717, 1.165) is 34.5 Å². The van der Waals surface area contributed by atoms with Gasteiger partial charge in [0, 0.05) is 17.7 Å². The minimum Gasteiger partial charge on any atom is -0.396 e. The molecule has 2 aromatic rings. The maximum atomic E-state index is 8.84. The van der Waals surface area contributed by atoms with E-state index >= 15 is 0 Å². The minimum atomic E-state index is 0.228. The third-order valence-corrected chi connectivity index (χ3v) is 3.30. The average Bonchev–Trinajstić information content (AvgIpc) is 2.36. The number of benzene rings is 1. The van der Waals surface area contributed by atoms with Gasteiger partial charge in [-0.2, -0.15) is 0 Å². The molecular formula is C14H16ClNO. The molecule has 2 rings (SSSR count). The molecule has 0 aliphatic carbocycles. The number of fused-ring (bicyclic) bond motifs is 1. The molecular weight excluding hydrogens is 234 g/mol. The van der Waals surface area contributed by atoms with E-state index < -0.39 is 0 Å². The molecule has 0 fully saturated rings. The standard InChI is InChI=1S/C14H16ClNO/c1-10(5-4-8-17)14-9-12(15)11-6-2-3-7-13(11)16-14/h2-3,6-7,9-10,17H,4-5,8H2,1H3. The van der Waals surface area contributed by atoms with Crippen LogP contribution in [-0.2, 0) is 0 Å². The highest BCUT2D eigenvalue weighted by molar-refractivity contribution is 6.35. The first-order valence-electron chi connectivity index (χ1n) is 5.88. The second-order valence-corrected chi connectivity index (χ2v) is 4.72. The normalized spacial score (nSPS) is 12.9. The van der Waals surface area contributed by atoms with E-state index in [1.54, 1.807) is 0 Å². The fourth-order valence-electron chi connectivity index (χ4n) is 1.95.